The minimum atomic E-state index is -1.42. The molecule has 0 saturated heterocycles. The molecule has 0 fully saturated rings. The molecule has 1 rings (SSSR count). The van der Waals surface area contributed by atoms with Crippen molar-refractivity contribution in [3.63, 3.8) is 0 Å². The van der Waals surface area contributed by atoms with Gasteiger partial charge in [-0.1, -0.05) is 6.07 Å². The second-order valence-electron chi connectivity index (χ2n) is 4.66. The van der Waals surface area contributed by atoms with E-state index in [1.165, 1.54) is 19.2 Å². The molecule has 2 atom stereocenters. The molecular weight excluding hydrogens is 292 g/mol. The average Bonchev–Trinajstić information content (AvgIpc) is 2.46. The summed E-state index contributed by atoms with van der Waals surface area (Å²) in [5.74, 6) is -1.30. The summed E-state index contributed by atoms with van der Waals surface area (Å²) in [5.41, 5.74) is 0.544. The van der Waals surface area contributed by atoms with Gasteiger partial charge in [-0.25, -0.2) is 0 Å². The van der Waals surface area contributed by atoms with Crippen LogP contribution in [0.4, 0.5) is 0 Å². The second-order valence-corrected chi connectivity index (χ2v) is 4.66. The molecule has 7 nitrogen and oxygen atoms in total. The first-order valence-electron chi connectivity index (χ1n) is 6.79. The van der Waals surface area contributed by atoms with Crippen molar-refractivity contribution in [3.05, 3.63) is 29.3 Å². The van der Waals surface area contributed by atoms with Crippen LogP contribution in [-0.2, 0) is 20.7 Å². The highest BCUT2D eigenvalue weighted by Gasteiger charge is 2.25. The van der Waals surface area contributed by atoms with Gasteiger partial charge < -0.3 is 24.8 Å². The first kappa shape index (κ1) is 17.9. The molecular formula is C15H20O7. The summed E-state index contributed by atoms with van der Waals surface area (Å²) in [7, 11) is 1.43. The van der Waals surface area contributed by atoms with E-state index in [2.05, 4.69) is 0 Å². The molecule has 0 saturated carbocycles. The van der Waals surface area contributed by atoms with Gasteiger partial charge in [0.05, 0.1) is 32.7 Å². The molecule has 2 unspecified atom stereocenters. The van der Waals surface area contributed by atoms with E-state index in [1.54, 1.807) is 13.0 Å². The number of carbonyl (C=O) groups is 2. The van der Waals surface area contributed by atoms with Crippen molar-refractivity contribution in [2.45, 2.75) is 32.0 Å². The van der Waals surface area contributed by atoms with Crippen molar-refractivity contribution < 1.29 is 34.4 Å². The number of carboxylic acids is 1. The molecule has 0 heterocycles. The van der Waals surface area contributed by atoms with Gasteiger partial charge in [0.15, 0.2) is 0 Å². The highest BCUT2D eigenvalue weighted by molar-refractivity contribution is 5.71. The maximum absolute atomic E-state index is 11.4. The Morgan fingerprint density at radius 2 is 1.95 bits per heavy atom. The van der Waals surface area contributed by atoms with Crippen LogP contribution in [0.2, 0.25) is 0 Å². The lowest BCUT2D eigenvalue weighted by Crippen LogP contribution is -2.24. The van der Waals surface area contributed by atoms with Crippen molar-refractivity contribution in [3.8, 4) is 5.75 Å². The third-order valence-electron chi connectivity index (χ3n) is 3.06. The maximum atomic E-state index is 11.4. The Hall–Kier alpha value is -2.12. The minimum Gasteiger partial charge on any atom is -0.497 e. The standard InChI is InChI=1S/C15H20O7/c1-3-22-14(19)8-12(16)15(20)11-7-10(21-2)5-4-9(11)6-13(17)18/h4-5,7,12,15-16,20H,3,6,8H2,1-2H3,(H,17,18). The van der Waals surface area contributed by atoms with E-state index in [0.29, 0.717) is 11.3 Å². The van der Waals surface area contributed by atoms with E-state index in [0.717, 1.165) is 0 Å². The van der Waals surface area contributed by atoms with Crippen molar-refractivity contribution in [1.82, 2.24) is 0 Å². The van der Waals surface area contributed by atoms with E-state index in [-0.39, 0.29) is 18.6 Å². The third-order valence-corrected chi connectivity index (χ3v) is 3.06. The Bertz CT molecular complexity index is 527. The van der Waals surface area contributed by atoms with Crippen LogP contribution in [0.5, 0.6) is 5.75 Å². The van der Waals surface area contributed by atoms with Gasteiger partial charge in [0, 0.05) is 0 Å². The monoisotopic (exact) mass is 312 g/mol. The first-order valence-corrected chi connectivity index (χ1v) is 6.79. The summed E-state index contributed by atoms with van der Waals surface area (Å²) < 4.78 is 9.74. The number of methoxy groups -OCH3 is 1. The number of rotatable bonds is 8. The fourth-order valence-corrected chi connectivity index (χ4v) is 2.01. The average molecular weight is 312 g/mol. The summed E-state index contributed by atoms with van der Waals surface area (Å²) >= 11 is 0. The van der Waals surface area contributed by atoms with Crippen LogP contribution in [0.1, 0.15) is 30.6 Å². The number of aliphatic carboxylic acids is 1. The van der Waals surface area contributed by atoms with Crippen molar-refractivity contribution >= 4 is 11.9 Å². The number of aliphatic hydroxyl groups is 2. The van der Waals surface area contributed by atoms with Gasteiger partial charge >= 0.3 is 11.9 Å². The highest BCUT2D eigenvalue weighted by Crippen LogP contribution is 2.27. The number of carbonyl (C=O) groups excluding carboxylic acids is 1. The SMILES string of the molecule is CCOC(=O)CC(O)C(O)c1cc(OC)ccc1CC(=O)O. The van der Waals surface area contributed by atoms with E-state index in [1.807, 2.05) is 0 Å². The van der Waals surface area contributed by atoms with E-state index in [4.69, 9.17) is 14.6 Å². The van der Waals surface area contributed by atoms with Crippen LogP contribution in [0.25, 0.3) is 0 Å². The topological polar surface area (TPSA) is 113 Å². The van der Waals surface area contributed by atoms with Gasteiger partial charge in [0.25, 0.3) is 0 Å². The first-order chi connectivity index (χ1) is 10.4. The molecule has 0 spiro atoms. The predicted octanol–water partition coefficient (Wildman–Crippen LogP) is 0.670. The van der Waals surface area contributed by atoms with E-state index < -0.39 is 30.6 Å². The molecule has 0 aliphatic heterocycles. The van der Waals surface area contributed by atoms with Crippen LogP contribution in [0.15, 0.2) is 18.2 Å². The summed E-state index contributed by atoms with van der Waals surface area (Å²) in [5, 5.41) is 29.1. The van der Waals surface area contributed by atoms with Gasteiger partial charge in [-0.2, -0.15) is 0 Å². The smallest absolute Gasteiger partial charge is 0.308 e. The summed E-state index contributed by atoms with van der Waals surface area (Å²) in [6.07, 6.45) is -3.53. The Morgan fingerprint density at radius 3 is 2.50 bits per heavy atom. The van der Waals surface area contributed by atoms with Gasteiger partial charge in [-0.05, 0) is 30.2 Å². The Labute approximate surface area is 128 Å². The quantitative estimate of drug-likeness (QED) is 0.605. The Kier molecular flexibility index (Phi) is 6.81. The lowest BCUT2D eigenvalue weighted by atomic mass is 9.95. The molecule has 22 heavy (non-hydrogen) atoms. The number of hydrogen-bond acceptors (Lipinski definition) is 6. The number of aliphatic hydroxyl groups excluding tert-OH is 2. The van der Waals surface area contributed by atoms with Crippen molar-refractivity contribution in [2.24, 2.45) is 0 Å². The molecule has 0 amide bonds. The van der Waals surface area contributed by atoms with Gasteiger partial charge in [0.2, 0.25) is 0 Å². The summed E-state index contributed by atoms with van der Waals surface area (Å²) in [4.78, 5) is 22.2. The van der Waals surface area contributed by atoms with E-state index >= 15 is 0 Å². The molecule has 3 N–H and O–H groups in total. The van der Waals surface area contributed by atoms with Gasteiger partial charge in [-0.3, -0.25) is 9.59 Å². The molecule has 0 radical (unpaired) electrons. The number of hydrogen-bond donors (Lipinski definition) is 3. The number of benzene rings is 1. The lowest BCUT2D eigenvalue weighted by Gasteiger charge is -2.20. The highest BCUT2D eigenvalue weighted by atomic mass is 16.5. The second kappa shape index (κ2) is 8.35. The Morgan fingerprint density at radius 1 is 1.27 bits per heavy atom. The van der Waals surface area contributed by atoms with Crippen molar-refractivity contribution in [2.75, 3.05) is 13.7 Å². The molecule has 7 heteroatoms. The van der Waals surface area contributed by atoms with Crippen LogP contribution in [0.3, 0.4) is 0 Å². The molecule has 122 valence electrons. The summed E-state index contributed by atoms with van der Waals surface area (Å²) in [6.45, 7) is 1.80. The molecule has 0 aliphatic carbocycles. The zero-order valence-electron chi connectivity index (χ0n) is 12.5. The predicted molar refractivity (Wildman–Crippen MR) is 76.6 cm³/mol. The minimum absolute atomic E-state index is 0.172. The number of ether oxygens (including phenoxy) is 2. The number of esters is 1. The van der Waals surface area contributed by atoms with Crippen LogP contribution in [-0.4, -0.2) is 47.1 Å². The zero-order valence-corrected chi connectivity index (χ0v) is 12.5. The molecule has 0 aromatic heterocycles. The molecule has 1 aromatic carbocycles. The largest absolute Gasteiger partial charge is 0.497 e. The maximum Gasteiger partial charge on any atom is 0.308 e. The number of carboxylic acid groups (broad SMARTS) is 1. The Balaban J connectivity index is 3.00. The van der Waals surface area contributed by atoms with Crippen LogP contribution < -0.4 is 4.74 Å². The zero-order chi connectivity index (χ0) is 16.7. The lowest BCUT2D eigenvalue weighted by molar-refractivity contribution is -0.147. The van der Waals surface area contributed by atoms with Gasteiger partial charge in [0.1, 0.15) is 11.9 Å². The fraction of sp³-hybridized carbons (Fsp3) is 0.467. The molecule has 1 aromatic rings. The van der Waals surface area contributed by atoms with Crippen molar-refractivity contribution in [1.29, 1.82) is 0 Å². The summed E-state index contributed by atoms with van der Waals surface area (Å²) in [6, 6.07) is 4.51. The van der Waals surface area contributed by atoms with Crippen LogP contribution in [0, 0.1) is 0 Å². The molecule has 0 aliphatic rings. The van der Waals surface area contributed by atoms with E-state index in [9.17, 15) is 19.8 Å². The van der Waals surface area contributed by atoms with Crippen LogP contribution >= 0.6 is 0 Å². The third kappa shape index (κ3) is 5.01. The fourth-order valence-electron chi connectivity index (χ4n) is 2.01. The normalized spacial score (nSPS) is 13.3. The van der Waals surface area contributed by atoms with Gasteiger partial charge in [-0.15, -0.1) is 0 Å². The molecule has 0 bridgehead atoms.